The zero-order valence-corrected chi connectivity index (χ0v) is 6.47. The van der Waals surface area contributed by atoms with Gasteiger partial charge in [0.25, 0.3) is 0 Å². The first kappa shape index (κ1) is 9.82. The molecule has 0 aliphatic carbocycles. The second kappa shape index (κ2) is 3.86. The summed E-state index contributed by atoms with van der Waals surface area (Å²) in [4.78, 5) is 0. The van der Waals surface area contributed by atoms with E-state index in [4.69, 9.17) is 0 Å². The topological polar surface area (TPSA) is 12.4 Å². The van der Waals surface area contributed by atoms with E-state index in [0.717, 1.165) is 20.0 Å². The van der Waals surface area contributed by atoms with Gasteiger partial charge in [0.15, 0.2) is 0 Å². The molecule has 1 atom stereocenters. The molecule has 10 heavy (non-hydrogen) atoms. The molecule has 0 N–H and O–H groups in total. The summed E-state index contributed by atoms with van der Waals surface area (Å²) < 4.78 is 38.2. The van der Waals surface area contributed by atoms with Gasteiger partial charge in [-0.1, -0.05) is 0 Å². The van der Waals surface area contributed by atoms with Crippen molar-refractivity contribution < 1.29 is 13.2 Å². The molecule has 0 saturated heterocycles. The van der Waals surface area contributed by atoms with Crippen LogP contribution in [0, 0.1) is 0 Å². The maximum atomic E-state index is 11.6. The summed E-state index contributed by atoms with van der Waals surface area (Å²) in [7, 11) is 1.94. The molecule has 0 fully saturated rings. The van der Waals surface area contributed by atoms with Crippen LogP contribution >= 0.6 is 9.39 Å². The van der Waals surface area contributed by atoms with Crippen LogP contribution in [0.2, 0.25) is 0 Å². The number of hydrogen-bond donors (Lipinski definition) is 0. The Bertz CT molecular complexity index is 162. The summed E-state index contributed by atoms with van der Waals surface area (Å²) >= 11 is 0. The average Bonchev–Trinajstić information content (AvgIpc) is 1.80. The Morgan fingerprint density at radius 3 is 2.40 bits per heavy atom. The van der Waals surface area contributed by atoms with E-state index < -0.39 is 11.6 Å². The van der Waals surface area contributed by atoms with Crippen LogP contribution in [0.5, 0.6) is 0 Å². The van der Waals surface area contributed by atoms with Crippen molar-refractivity contribution in [2.75, 3.05) is 0 Å². The third-order valence-corrected chi connectivity index (χ3v) is 1.03. The Balaban J connectivity index is 4.20. The molecule has 1 unspecified atom stereocenters. The van der Waals surface area contributed by atoms with Gasteiger partial charge in [0.05, 0.1) is 0 Å². The monoisotopic (exact) mass is 167 g/mol. The number of nitrogens with zero attached hydrogens (tertiary/aromatic N) is 1. The minimum atomic E-state index is -4.23. The van der Waals surface area contributed by atoms with E-state index in [9.17, 15) is 13.2 Å². The molecular weight excluding hydrogens is 161 g/mol. The molecule has 56 valence electrons. The molecule has 0 aromatic carbocycles. The average molecular weight is 167 g/mol. The zero-order chi connectivity index (χ0) is 8.20. The fourth-order valence-electron chi connectivity index (χ4n) is 0.249. The fraction of sp³-hybridized carbons (Fsp3) is 0.500. The summed E-state index contributed by atoms with van der Waals surface area (Å²) in [5, 5.41) is 0. The van der Waals surface area contributed by atoms with E-state index in [-0.39, 0.29) is 0 Å². The van der Waals surface area contributed by atoms with Gasteiger partial charge >= 0.3 is 58.9 Å². The van der Waals surface area contributed by atoms with E-state index in [1.807, 2.05) is 9.39 Å². The van der Waals surface area contributed by atoms with Gasteiger partial charge in [-0.05, 0) is 0 Å². The predicted molar refractivity (Wildman–Crippen MR) is 40.7 cm³/mol. The van der Waals surface area contributed by atoms with E-state index in [1.54, 1.807) is 0 Å². The summed E-state index contributed by atoms with van der Waals surface area (Å²) in [5.41, 5.74) is -0.654. The van der Waals surface area contributed by atoms with E-state index >= 15 is 0 Å². The van der Waals surface area contributed by atoms with Crippen molar-refractivity contribution >= 4 is 27.9 Å². The van der Waals surface area contributed by atoms with Gasteiger partial charge in [-0.3, -0.25) is 0 Å². The number of hydrogen-bond acceptors (Lipinski definition) is 1. The van der Waals surface area contributed by atoms with Gasteiger partial charge in [-0.15, -0.1) is 0 Å². The van der Waals surface area contributed by atoms with Crippen LogP contribution in [0.1, 0.15) is 6.92 Å². The maximum absolute atomic E-state index is 11.6. The summed E-state index contributed by atoms with van der Waals surface area (Å²) in [5.74, 6) is 0. The van der Waals surface area contributed by atoms with Crippen molar-refractivity contribution in [2.45, 2.75) is 13.1 Å². The Labute approximate surface area is 59.9 Å². The van der Waals surface area contributed by atoms with Crippen LogP contribution in [0.3, 0.4) is 0 Å². The fourth-order valence-corrected chi connectivity index (χ4v) is 0.335. The molecule has 0 spiro atoms. The van der Waals surface area contributed by atoms with Crippen molar-refractivity contribution in [3.05, 3.63) is 0 Å². The van der Waals surface area contributed by atoms with Crippen LogP contribution in [-0.4, -0.2) is 24.7 Å². The van der Waals surface area contributed by atoms with Crippen molar-refractivity contribution in [2.24, 2.45) is 4.76 Å². The number of rotatable bonds is 1. The van der Waals surface area contributed by atoms with Crippen molar-refractivity contribution in [3.8, 4) is 0 Å². The second-order valence-electron chi connectivity index (χ2n) is 1.65. The van der Waals surface area contributed by atoms with Gasteiger partial charge < -0.3 is 0 Å². The van der Waals surface area contributed by atoms with Gasteiger partial charge in [-0.2, -0.15) is 0 Å². The SMILES string of the molecule is CC(=BC=NP)C(F)(F)F. The van der Waals surface area contributed by atoms with Gasteiger partial charge in [0.1, 0.15) is 0 Å². The summed E-state index contributed by atoms with van der Waals surface area (Å²) in [6.07, 6.45) is -3.15. The van der Waals surface area contributed by atoms with E-state index in [0.29, 0.717) is 0 Å². The molecule has 1 nitrogen and oxygen atoms in total. The van der Waals surface area contributed by atoms with Crippen molar-refractivity contribution in [1.29, 1.82) is 0 Å². The Kier molecular flexibility index (Phi) is 3.80. The van der Waals surface area contributed by atoms with Crippen LogP contribution in [0.15, 0.2) is 4.76 Å². The first-order valence-electron chi connectivity index (χ1n) is 2.46. The second-order valence-corrected chi connectivity index (χ2v) is 1.94. The molecule has 0 rings (SSSR count). The third kappa shape index (κ3) is 3.78. The number of alkyl halides is 3. The Morgan fingerprint density at radius 2 is 2.10 bits per heavy atom. The third-order valence-electron chi connectivity index (χ3n) is 0.858. The molecule has 0 saturated carbocycles. The molecule has 0 amide bonds. The molecule has 0 radical (unpaired) electrons. The summed E-state index contributed by atoms with van der Waals surface area (Å²) in [6.45, 7) is 1.90. The van der Waals surface area contributed by atoms with Crippen LogP contribution in [0.25, 0.3) is 0 Å². The molecule has 0 heterocycles. The molecule has 0 bridgehead atoms. The van der Waals surface area contributed by atoms with Gasteiger partial charge in [-0.25, -0.2) is 0 Å². The standard InChI is InChI=1S/C4H6BF3NP/c1-3(4(6,7)8)5-2-9-10/h2H,10H2,1H3. The quantitative estimate of drug-likeness (QED) is 0.316. The van der Waals surface area contributed by atoms with Gasteiger partial charge in [0.2, 0.25) is 0 Å². The predicted octanol–water partition coefficient (Wildman–Crippen LogP) is 1.26. The van der Waals surface area contributed by atoms with Crippen LogP contribution < -0.4 is 0 Å². The molecule has 0 aromatic heterocycles. The molecule has 0 aromatic rings. The zero-order valence-electron chi connectivity index (χ0n) is 5.31. The van der Waals surface area contributed by atoms with Crippen LogP contribution in [0.4, 0.5) is 13.2 Å². The molecular formula is C4H6BF3NP. The molecule has 0 aliphatic rings. The molecule has 6 heteroatoms. The van der Waals surface area contributed by atoms with Crippen molar-refractivity contribution in [3.63, 3.8) is 0 Å². The van der Waals surface area contributed by atoms with Crippen molar-refractivity contribution in [1.82, 2.24) is 0 Å². The van der Waals surface area contributed by atoms with E-state index in [2.05, 4.69) is 4.76 Å². The first-order chi connectivity index (χ1) is 4.48. The Morgan fingerprint density at radius 1 is 1.60 bits per heavy atom. The van der Waals surface area contributed by atoms with Crippen LogP contribution in [-0.2, 0) is 0 Å². The van der Waals surface area contributed by atoms with E-state index in [1.165, 1.54) is 0 Å². The summed E-state index contributed by atoms with van der Waals surface area (Å²) in [6, 6.07) is 0. The Hall–Kier alpha value is -0.175. The van der Waals surface area contributed by atoms with Gasteiger partial charge in [0, 0.05) is 0 Å². The minimum absolute atomic E-state index is 0.654. The first-order valence-corrected chi connectivity index (χ1v) is 2.97. The number of halogens is 3. The normalized spacial score (nSPS) is 13.9. The molecule has 0 aliphatic heterocycles.